The van der Waals surface area contributed by atoms with Crippen molar-refractivity contribution in [1.29, 1.82) is 0 Å². The number of rotatable bonds is 4. The summed E-state index contributed by atoms with van der Waals surface area (Å²) in [4.78, 5) is 4.14. The maximum absolute atomic E-state index is 4.14. The summed E-state index contributed by atoms with van der Waals surface area (Å²) in [5.74, 6) is 1.10. The molecule has 3 heteroatoms. The molecule has 0 aromatic carbocycles. The fourth-order valence-corrected chi connectivity index (χ4v) is 1.07. The lowest BCUT2D eigenvalue weighted by molar-refractivity contribution is 0.601. The second-order valence-electron chi connectivity index (χ2n) is 2.62. The molecule has 0 aliphatic rings. The first-order valence-electron chi connectivity index (χ1n) is 6.97. The molecule has 0 aliphatic carbocycles. The van der Waals surface area contributed by atoms with Crippen molar-refractivity contribution in [2.75, 3.05) is 13.6 Å². The monoisotopic (exact) mass is 243 g/mol. The highest BCUT2D eigenvalue weighted by Gasteiger charge is 1.93. The summed E-state index contributed by atoms with van der Waals surface area (Å²) in [5, 5.41) is 3.12. The Kier molecular flexibility index (Phi) is 26.0. The van der Waals surface area contributed by atoms with E-state index in [0.29, 0.717) is 0 Å². The maximum atomic E-state index is 4.14. The van der Waals surface area contributed by atoms with Gasteiger partial charge in [-0.3, -0.25) is 0 Å². The average molecular weight is 243 g/mol. The van der Waals surface area contributed by atoms with Crippen LogP contribution in [0.5, 0.6) is 0 Å². The lowest BCUT2D eigenvalue weighted by atomic mass is 10.4. The van der Waals surface area contributed by atoms with Crippen molar-refractivity contribution < 1.29 is 0 Å². The Hall–Kier alpha value is -0.830. The molecule has 0 saturated heterocycles. The van der Waals surface area contributed by atoms with Gasteiger partial charge in [-0.25, -0.2) is 4.98 Å². The fourth-order valence-electron chi connectivity index (χ4n) is 1.07. The Bertz CT molecular complexity index is 207. The van der Waals surface area contributed by atoms with Gasteiger partial charge < -0.3 is 9.88 Å². The van der Waals surface area contributed by atoms with Gasteiger partial charge in [-0.2, -0.15) is 0 Å². The third-order valence-corrected chi connectivity index (χ3v) is 1.75. The summed E-state index contributed by atoms with van der Waals surface area (Å²) in [6.45, 7) is 16.2. The van der Waals surface area contributed by atoms with E-state index >= 15 is 0 Å². The van der Waals surface area contributed by atoms with Crippen LogP contribution in [0.4, 0.5) is 0 Å². The molecule has 0 aliphatic heterocycles. The molecule has 0 spiro atoms. The minimum Gasteiger partial charge on any atom is -0.335 e. The highest BCUT2D eigenvalue weighted by molar-refractivity contribution is 4.87. The van der Waals surface area contributed by atoms with Crippen molar-refractivity contribution in [1.82, 2.24) is 14.9 Å². The van der Waals surface area contributed by atoms with Crippen molar-refractivity contribution in [3.63, 3.8) is 0 Å². The molecule has 0 fully saturated rings. The normalized spacial score (nSPS) is 7.76. The molecule has 0 amide bonds. The average Bonchev–Trinajstić information content (AvgIpc) is 2.83. The van der Waals surface area contributed by atoms with Crippen LogP contribution < -0.4 is 5.32 Å². The van der Waals surface area contributed by atoms with E-state index in [2.05, 4.69) is 14.9 Å². The maximum Gasteiger partial charge on any atom is 0.105 e. The molecule has 104 valence electrons. The van der Waals surface area contributed by atoms with Crippen molar-refractivity contribution in [2.45, 2.75) is 61.4 Å². The summed E-state index contributed by atoms with van der Waals surface area (Å²) in [6.07, 6.45) is 5.02. The molecule has 1 rings (SSSR count). The van der Waals surface area contributed by atoms with E-state index in [0.717, 1.165) is 25.3 Å². The van der Waals surface area contributed by atoms with Gasteiger partial charge in [0.05, 0.1) is 0 Å². The topological polar surface area (TPSA) is 29.9 Å². The Morgan fingerprint density at radius 2 is 1.65 bits per heavy atom. The molecule has 17 heavy (non-hydrogen) atoms. The van der Waals surface area contributed by atoms with Gasteiger partial charge in [-0.05, 0) is 26.9 Å². The van der Waals surface area contributed by atoms with Crippen LogP contribution in [-0.2, 0) is 6.54 Å². The molecule has 1 N–H and O–H groups in total. The van der Waals surface area contributed by atoms with Crippen LogP contribution in [0, 0.1) is 6.92 Å². The third-order valence-electron chi connectivity index (χ3n) is 1.75. The van der Waals surface area contributed by atoms with E-state index in [1.54, 1.807) is 0 Å². The number of hydrogen-bond acceptors (Lipinski definition) is 2. The molecule has 1 aromatic rings. The molecule has 0 bridgehead atoms. The minimum absolute atomic E-state index is 1.06. The standard InChI is InChI=1S/C8H15N3.3C2H6/c1-8-10-5-7-11(8)6-3-4-9-2;3*1-2/h5,7,9H,3-4,6H2,1-2H3;3*1-2H3. The van der Waals surface area contributed by atoms with Gasteiger partial charge in [-0.15, -0.1) is 0 Å². The fraction of sp³-hybridized carbons (Fsp3) is 0.786. The van der Waals surface area contributed by atoms with Crippen molar-refractivity contribution >= 4 is 0 Å². The first kappa shape index (κ1) is 21.5. The van der Waals surface area contributed by atoms with Crippen LogP contribution in [0.3, 0.4) is 0 Å². The number of imidazole rings is 1. The van der Waals surface area contributed by atoms with Crippen molar-refractivity contribution in [3.05, 3.63) is 18.2 Å². The predicted molar refractivity (Wildman–Crippen MR) is 79.6 cm³/mol. The summed E-state index contributed by atoms with van der Waals surface area (Å²) < 4.78 is 2.16. The highest BCUT2D eigenvalue weighted by Crippen LogP contribution is 1.95. The van der Waals surface area contributed by atoms with E-state index in [1.165, 1.54) is 0 Å². The lowest BCUT2D eigenvalue weighted by Gasteiger charge is -2.03. The Labute approximate surface area is 109 Å². The quantitative estimate of drug-likeness (QED) is 0.813. The molecular weight excluding hydrogens is 210 g/mol. The molecule has 0 unspecified atom stereocenters. The van der Waals surface area contributed by atoms with Crippen LogP contribution in [-0.4, -0.2) is 23.1 Å². The SMILES string of the molecule is CC.CC.CC.CNCCCn1ccnc1C. The van der Waals surface area contributed by atoms with Gasteiger partial charge in [0.15, 0.2) is 0 Å². The molecule has 1 heterocycles. The van der Waals surface area contributed by atoms with E-state index in [4.69, 9.17) is 0 Å². The van der Waals surface area contributed by atoms with Gasteiger partial charge in [0.1, 0.15) is 5.82 Å². The van der Waals surface area contributed by atoms with Gasteiger partial charge in [-0.1, -0.05) is 41.5 Å². The first-order chi connectivity index (χ1) is 8.34. The van der Waals surface area contributed by atoms with Crippen LogP contribution in [0.1, 0.15) is 53.8 Å². The number of nitrogens with one attached hydrogen (secondary N) is 1. The second kappa shape index (κ2) is 20.6. The van der Waals surface area contributed by atoms with Gasteiger partial charge in [0.2, 0.25) is 0 Å². The summed E-state index contributed by atoms with van der Waals surface area (Å²) in [7, 11) is 1.97. The van der Waals surface area contributed by atoms with Crippen LogP contribution in [0.2, 0.25) is 0 Å². The largest absolute Gasteiger partial charge is 0.335 e. The zero-order valence-electron chi connectivity index (χ0n) is 13.2. The number of nitrogens with zero attached hydrogens (tertiary/aromatic N) is 2. The van der Waals surface area contributed by atoms with Crippen molar-refractivity contribution in [3.8, 4) is 0 Å². The molecule has 0 radical (unpaired) electrons. The van der Waals surface area contributed by atoms with Gasteiger partial charge in [0, 0.05) is 18.9 Å². The third kappa shape index (κ3) is 13.1. The first-order valence-corrected chi connectivity index (χ1v) is 6.97. The van der Waals surface area contributed by atoms with Crippen molar-refractivity contribution in [2.24, 2.45) is 0 Å². The van der Waals surface area contributed by atoms with Crippen LogP contribution in [0.25, 0.3) is 0 Å². The second-order valence-corrected chi connectivity index (χ2v) is 2.62. The predicted octanol–water partition coefficient (Wildman–Crippen LogP) is 3.88. The van der Waals surface area contributed by atoms with E-state index in [9.17, 15) is 0 Å². The van der Waals surface area contributed by atoms with Gasteiger partial charge in [0.25, 0.3) is 0 Å². The summed E-state index contributed by atoms with van der Waals surface area (Å²) in [6, 6.07) is 0. The zero-order valence-corrected chi connectivity index (χ0v) is 13.2. The summed E-state index contributed by atoms with van der Waals surface area (Å²) >= 11 is 0. The smallest absolute Gasteiger partial charge is 0.105 e. The summed E-state index contributed by atoms with van der Waals surface area (Å²) in [5.41, 5.74) is 0. The number of hydrogen-bond donors (Lipinski definition) is 1. The Morgan fingerprint density at radius 3 is 2.00 bits per heavy atom. The van der Waals surface area contributed by atoms with Crippen LogP contribution in [0.15, 0.2) is 12.4 Å². The highest BCUT2D eigenvalue weighted by atomic mass is 15.0. The van der Waals surface area contributed by atoms with E-state index in [1.807, 2.05) is 67.9 Å². The minimum atomic E-state index is 1.06. The van der Waals surface area contributed by atoms with Crippen LogP contribution >= 0.6 is 0 Å². The zero-order chi connectivity index (χ0) is 14.1. The molecule has 1 aromatic heterocycles. The molecule has 3 nitrogen and oxygen atoms in total. The number of aryl methyl sites for hydroxylation is 2. The van der Waals surface area contributed by atoms with Gasteiger partial charge >= 0.3 is 0 Å². The molecule has 0 saturated carbocycles. The van der Waals surface area contributed by atoms with E-state index in [-0.39, 0.29) is 0 Å². The Balaban J connectivity index is -0.000000285. The molecular formula is C14H33N3. The van der Waals surface area contributed by atoms with E-state index < -0.39 is 0 Å². The molecule has 0 atom stereocenters. The number of aromatic nitrogens is 2. The lowest BCUT2D eigenvalue weighted by Crippen LogP contribution is -2.11. The Morgan fingerprint density at radius 1 is 1.12 bits per heavy atom.